The van der Waals surface area contributed by atoms with Crippen LogP contribution in [-0.4, -0.2) is 22.6 Å². The highest BCUT2D eigenvalue weighted by Crippen LogP contribution is 2.33. The fourth-order valence-corrected chi connectivity index (χ4v) is 3.22. The molecule has 3 aromatic rings. The van der Waals surface area contributed by atoms with Gasteiger partial charge in [0.15, 0.2) is 11.6 Å². The summed E-state index contributed by atoms with van der Waals surface area (Å²) < 4.78 is 16.3. The Morgan fingerprint density at radius 1 is 1.32 bits per heavy atom. The number of urea groups is 1. The van der Waals surface area contributed by atoms with Gasteiger partial charge in [-0.3, -0.25) is 5.32 Å². The van der Waals surface area contributed by atoms with Crippen LogP contribution in [0, 0.1) is 13.8 Å². The van der Waals surface area contributed by atoms with Crippen LogP contribution in [0.25, 0.3) is 11.3 Å². The fraction of sp³-hybridized carbons (Fsp3) is 0.333. The lowest BCUT2D eigenvalue weighted by molar-refractivity contribution is 0.199. The van der Waals surface area contributed by atoms with Gasteiger partial charge < -0.3 is 18.3 Å². The minimum Gasteiger partial charge on any atom is -0.469 e. The van der Waals surface area contributed by atoms with Crippen LogP contribution >= 0.6 is 0 Å². The number of likely N-dealkylation sites (tertiary alicyclic amines) is 1. The third kappa shape index (κ3) is 2.93. The quantitative estimate of drug-likeness (QED) is 0.757. The summed E-state index contributed by atoms with van der Waals surface area (Å²) in [5.74, 6) is 3.34. The van der Waals surface area contributed by atoms with Crippen LogP contribution in [0.4, 0.5) is 10.6 Å². The summed E-state index contributed by atoms with van der Waals surface area (Å²) in [4.78, 5) is 14.4. The summed E-state index contributed by atoms with van der Waals surface area (Å²) in [7, 11) is 0. The van der Waals surface area contributed by atoms with Gasteiger partial charge in [-0.2, -0.15) is 0 Å². The van der Waals surface area contributed by atoms with Crippen molar-refractivity contribution in [3.63, 3.8) is 0 Å². The molecule has 0 saturated carbocycles. The molecule has 1 aliphatic rings. The number of nitrogens with zero attached hydrogens (tertiary/aromatic N) is 2. The van der Waals surface area contributed by atoms with E-state index in [1.54, 1.807) is 23.3 Å². The van der Waals surface area contributed by atoms with E-state index in [-0.39, 0.29) is 12.1 Å². The summed E-state index contributed by atoms with van der Waals surface area (Å²) >= 11 is 0. The van der Waals surface area contributed by atoms with Gasteiger partial charge in [0.25, 0.3) is 0 Å². The second-order valence-corrected chi connectivity index (χ2v) is 6.20. The van der Waals surface area contributed by atoms with Crippen LogP contribution in [0.5, 0.6) is 0 Å². The van der Waals surface area contributed by atoms with Crippen molar-refractivity contribution in [2.24, 2.45) is 0 Å². The summed E-state index contributed by atoms with van der Waals surface area (Å²) in [6, 6.07) is 7.09. The molecule has 0 radical (unpaired) electrons. The number of aromatic nitrogens is 1. The van der Waals surface area contributed by atoms with E-state index in [1.165, 1.54) is 0 Å². The lowest BCUT2D eigenvalue weighted by atomic mass is 10.2. The molecular formula is C18H19N3O4. The molecule has 0 aromatic carbocycles. The maximum Gasteiger partial charge on any atom is 0.323 e. The van der Waals surface area contributed by atoms with Crippen LogP contribution in [-0.2, 0) is 0 Å². The summed E-state index contributed by atoms with van der Waals surface area (Å²) in [5.41, 5.74) is 0.818. The van der Waals surface area contributed by atoms with E-state index in [0.29, 0.717) is 18.1 Å². The third-order valence-corrected chi connectivity index (χ3v) is 4.47. The highest BCUT2D eigenvalue weighted by Gasteiger charge is 2.32. The van der Waals surface area contributed by atoms with Gasteiger partial charge in [-0.05, 0) is 44.9 Å². The monoisotopic (exact) mass is 341 g/mol. The van der Waals surface area contributed by atoms with E-state index in [4.69, 9.17) is 13.4 Å². The molecule has 1 fully saturated rings. The van der Waals surface area contributed by atoms with Crippen molar-refractivity contribution in [3.8, 4) is 11.3 Å². The zero-order valence-corrected chi connectivity index (χ0v) is 14.1. The maximum absolute atomic E-state index is 12.6. The van der Waals surface area contributed by atoms with Crippen molar-refractivity contribution in [2.45, 2.75) is 32.7 Å². The van der Waals surface area contributed by atoms with Crippen LogP contribution in [0.3, 0.4) is 0 Å². The molecular weight excluding hydrogens is 322 g/mol. The van der Waals surface area contributed by atoms with Gasteiger partial charge in [0, 0.05) is 12.6 Å². The van der Waals surface area contributed by atoms with Crippen molar-refractivity contribution in [1.82, 2.24) is 10.1 Å². The zero-order valence-electron chi connectivity index (χ0n) is 14.1. The Kier molecular flexibility index (Phi) is 3.83. The average molecular weight is 341 g/mol. The minimum absolute atomic E-state index is 0.0452. The summed E-state index contributed by atoms with van der Waals surface area (Å²) in [5, 5.41) is 6.73. The highest BCUT2D eigenvalue weighted by molar-refractivity contribution is 5.89. The van der Waals surface area contributed by atoms with E-state index in [2.05, 4.69) is 10.5 Å². The van der Waals surface area contributed by atoms with Crippen LogP contribution in [0.1, 0.15) is 36.2 Å². The first-order chi connectivity index (χ1) is 12.1. The van der Waals surface area contributed by atoms with Gasteiger partial charge in [-0.15, -0.1) is 0 Å². The normalized spacial score (nSPS) is 17.2. The second-order valence-electron chi connectivity index (χ2n) is 6.20. The molecule has 7 nitrogen and oxygen atoms in total. The van der Waals surface area contributed by atoms with E-state index < -0.39 is 0 Å². The zero-order chi connectivity index (χ0) is 17.4. The standard InChI is InChI=1S/C18H19N3O4/c1-11-5-6-15(24-11)14-4-3-8-21(14)18(22)19-17-10-16(25-20-17)13-7-9-23-12(13)2/h5-7,9-10,14H,3-4,8H2,1-2H3,(H,19,20,22). The van der Waals surface area contributed by atoms with Gasteiger partial charge in [0.05, 0.1) is 17.9 Å². The molecule has 1 saturated heterocycles. The SMILES string of the molecule is Cc1ccc(C2CCCN2C(=O)Nc2cc(-c3ccoc3C)on2)o1. The first-order valence-electron chi connectivity index (χ1n) is 8.27. The number of hydrogen-bond acceptors (Lipinski definition) is 5. The number of rotatable bonds is 3. The Hall–Kier alpha value is -2.96. The molecule has 4 heterocycles. The molecule has 25 heavy (non-hydrogen) atoms. The number of carbonyl (C=O) groups excluding carboxylic acids is 1. The van der Waals surface area contributed by atoms with Gasteiger partial charge in [-0.25, -0.2) is 4.79 Å². The van der Waals surface area contributed by atoms with Gasteiger partial charge in [0.2, 0.25) is 0 Å². The number of aryl methyl sites for hydroxylation is 2. The van der Waals surface area contributed by atoms with Crippen LogP contribution in [0.15, 0.2) is 43.9 Å². The molecule has 7 heteroatoms. The van der Waals surface area contributed by atoms with Gasteiger partial charge in [-0.1, -0.05) is 5.16 Å². The van der Waals surface area contributed by atoms with Crippen molar-refractivity contribution in [1.29, 1.82) is 0 Å². The molecule has 0 bridgehead atoms. The average Bonchev–Trinajstić information content (AvgIpc) is 3.33. The molecule has 0 spiro atoms. The van der Waals surface area contributed by atoms with Gasteiger partial charge >= 0.3 is 6.03 Å². The lowest BCUT2D eigenvalue weighted by Crippen LogP contribution is -2.34. The Morgan fingerprint density at radius 2 is 2.20 bits per heavy atom. The summed E-state index contributed by atoms with van der Waals surface area (Å²) in [6.07, 6.45) is 3.42. The molecule has 130 valence electrons. The molecule has 2 amide bonds. The maximum atomic E-state index is 12.6. The predicted octanol–water partition coefficient (Wildman–Crippen LogP) is 4.51. The number of furan rings is 2. The molecule has 1 atom stereocenters. The Bertz CT molecular complexity index is 892. The van der Waals surface area contributed by atoms with E-state index >= 15 is 0 Å². The van der Waals surface area contributed by atoms with Crippen LogP contribution < -0.4 is 5.32 Å². The summed E-state index contributed by atoms with van der Waals surface area (Å²) in [6.45, 7) is 4.43. The van der Waals surface area contributed by atoms with E-state index in [0.717, 1.165) is 35.7 Å². The Morgan fingerprint density at radius 3 is 2.92 bits per heavy atom. The number of anilines is 1. The number of carbonyl (C=O) groups is 1. The minimum atomic E-state index is -0.208. The molecule has 3 aromatic heterocycles. The molecule has 0 aliphatic carbocycles. The third-order valence-electron chi connectivity index (χ3n) is 4.47. The predicted molar refractivity (Wildman–Crippen MR) is 90.1 cm³/mol. The smallest absolute Gasteiger partial charge is 0.323 e. The number of hydrogen-bond donors (Lipinski definition) is 1. The fourth-order valence-electron chi connectivity index (χ4n) is 3.22. The first-order valence-corrected chi connectivity index (χ1v) is 8.27. The molecule has 1 unspecified atom stereocenters. The molecule has 1 aliphatic heterocycles. The highest BCUT2D eigenvalue weighted by atomic mass is 16.5. The van der Waals surface area contributed by atoms with E-state index in [1.807, 2.05) is 26.0 Å². The lowest BCUT2D eigenvalue weighted by Gasteiger charge is -2.22. The van der Waals surface area contributed by atoms with Crippen molar-refractivity contribution in [2.75, 3.05) is 11.9 Å². The van der Waals surface area contributed by atoms with Gasteiger partial charge in [0.1, 0.15) is 17.3 Å². The number of nitrogens with one attached hydrogen (secondary N) is 1. The van der Waals surface area contributed by atoms with Crippen molar-refractivity contribution >= 4 is 11.8 Å². The molecule has 4 rings (SSSR count). The second kappa shape index (κ2) is 6.16. The Labute approximate surface area is 144 Å². The first kappa shape index (κ1) is 15.6. The van der Waals surface area contributed by atoms with Crippen LogP contribution in [0.2, 0.25) is 0 Å². The number of amides is 2. The van der Waals surface area contributed by atoms with Crippen molar-refractivity contribution in [3.05, 3.63) is 47.8 Å². The molecule has 1 N–H and O–H groups in total. The largest absolute Gasteiger partial charge is 0.469 e. The topological polar surface area (TPSA) is 84.7 Å². The van der Waals surface area contributed by atoms with Crippen molar-refractivity contribution < 1.29 is 18.2 Å². The Balaban J connectivity index is 1.48. The van der Waals surface area contributed by atoms with E-state index in [9.17, 15) is 4.79 Å².